The van der Waals surface area contributed by atoms with Crippen LogP contribution < -0.4 is 5.32 Å². The van der Waals surface area contributed by atoms with Crippen molar-refractivity contribution in [3.8, 4) is 0 Å². The molecule has 2 amide bonds. The van der Waals surface area contributed by atoms with Gasteiger partial charge < -0.3 is 10.2 Å². The quantitative estimate of drug-likeness (QED) is 0.904. The second-order valence-corrected chi connectivity index (χ2v) is 7.45. The maximum absolute atomic E-state index is 12.5. The first-order valence-electron chi connectivity index (χ1n) is 8.93. The third-order valence-corrected chi connectivity index (χ3v) is 4.95. The summed E-state index contributed by atoms with van der Waals surface area (Å²) in [6.45, 7) is 5.44. The largest absolute Gasteiger partial charge is 0.342 e. The maximum Gasteiger partial charge on any atom is 0.229 e. The number of fused-ring (bicyclic) bond motifs is 1. The molecule has 2 aromatic heterocycles. The van der Waals surface area contributed by atoms with Crippen molar-refractivity contribution in [3.05, 3.63) is 18.5 Å². The van der Waals surface area contributed by atoms with Gasteiger partial charge in [0.25, 0.3) is 0 Å². The van der Waals surface area contributed by atoms with Crippen molar-refractivity contribution in [2.45, 2.75) is 39.2 Å². The highest BCUT2D eigenvalue weighted by molar-refractivity contribution is 5.98. The lowest BCUT2D eigenvalue weighted by atomic mass is 10.1. The molecule has 25 heavy (non-hydrogen) atoms. The molecule has 0 radical (unpaired) electrons. The predicted molar refractivity (Wildman–Crippen MR) is 94.0 cm³/mol. The normalized spacial score (nSPS) is 20.7. The Morgan fingerprint density at radius 3 is 2.88 bits per heavy atom. The molecule has 4 rings (SSSR count). The second kappa shape index (κ2) is 6.13. The Bertz CT molecular complexity index is 824. The Morgan fingerprint density at radius 1 is 1.36 bits per heavy atom. The smallest absolute Gasteiger partial charge is 0.229 e. The molecule has 1 aliphatic carbocycles. The molecular weight excluding hydrogens is 318 g/mol. The highest BCUT2D eigenvalue weighted by atomic mass is 16.2. The molecule has 1 aliphatic heterocycles. The molecule has 2 aliphatic rings. The fraction of sp³-hybridized carbons (Fsp3) is 0.556. The zero-order valence-corrected chi connectivity index (χ0v) is 14.6. The highest BCUT2D eigenvalue weighted by Crippen LogP contribution is 2.32. The van der Waals surface area contributed by atoms with Gasteiger partial charge in [-0.05, 0) is 38.7 Å². The molecule has 7 heteroatoms. The third-order valence-electron chi connectivity index (χ3n) is 4.95. The highest BCUT2D eigenvalue weighted by Gasteiger charge is 2.37. The first kappa shape index (κ1) is 16.1. The molecule has 1 N–H and O–H groups in total. The van der Waals surface area contributed by atoms with Gasteiger partial charge in [0.15, 0.2) is 5.65 Å². The summed E-state index contributed by atoms with van der Waals surface area (Å²) in [7, 11) is 0. The number of hydrogen-bond acceptors (Lipinski definition) is 4. The predicted octanol–water partition coefficient (Wildman–Crippen LogP) is 2.21. The van der Waals surface area contributed by atoms with Crippen molar-refractivity contribution >= 4 is 28.5 Å². The lowest BCUT2D eigenvalue weighted by molar-refractivity contribution is -0.128. The lowest BCUT2D eigenvalue weighted by Gasteiger charge is -2.16. The summed E-state index contributed by atoms with van der Waals surface area (Å²) in [5, 5.41) is 8.14. The summed E-state index contributed by atoms with van der Waals surface area (Å²) in [6, 6.07) is 2.11. The van der Waals surface area contributed by atoms with Crippen LogP contribution in [0, 0.1) is 11.8 Å². The van der Waals surface area contributed by atoms with E-state index in [2.05, 4.69) is 15.4 Å². The van der Waals surface area contributed by atoms with E-state index in [0.717, 1.165) is 17.6 Å². The van der Waals surface area contributed by atoms with Crippen molar-refractivity contribution < 1.29 is 9.59 Å². The number of carbonyl (C=O) groups excluding carboxylic acids is 2. The zero-order valence-electron chi connectivity index (χ0n) is 14.6. The van der Waals surface area contributed by atoms with Crippen LogP contribution in [0.4, 0.5) is 5.69 Å². The summed E-state index contributed by atoms with van der Waals surface area (Å²) in [4.78, 5) is 30.9. The van der Waals surface area contributed by atoms with Gasteiger partial charge in [0.1, 0.15) is 0 Å². The lowest BCUT2D eigenvalue weighted by Crippen LogP contribution is -2.29. The number of anilines is 1. The monoisotopic (exact) mass is 341 g/mol. The Kier molecular flexibility index (Phi) is 3.94. The van der Waals surface area contributed by atoms with Crippen LogP contribution in [0.2, 0.25) is 0 Å². The van der Waals surface area contributed by atoms with Crippen LogP contribution in [0.5, 0.6) is 0 Å². The van der Waals surface area contributed by atoms with Gasteiger partial charge in [-0.3, -0.25) is 9.59 Å². The Labute approximate surface area is 146 Å². The molecule has 0 spiro atoms. The van der Waals surface area contributed by atoms with E-state index in [1.165, 1.54) is 12.8 Å². The van der Waals surface area contributed by atoms with Crippen LogP contribution in [0.15, 0.2) is 18.5 Å². The number of nitrogens with zero attached hydrogens (tertiary/aromatic N) is 4. The first-order valence-corrected chi connectivity index (χ1v) is 8.93. The van der Waals surface area contributed by atoms with Gasteiger partial charge in [0.2, 0.25) is 11.8 Å². The van der Waals surface area contributed by atoms with Gasteiger partial charge in [0.05, 0.1) is 24.0 Å². The van der Waals surface area contributed by atoms with Gasteiger partial charge in [-0.15, -0.1) is 0 Å². The summed E-state index contributed by atoms with van der Waals surface area (Å²) in [5.41, 5.74) is 1.45. The number of rotatable bonds is 5. The van der Waals surface area contributed by atoms with Gasteiger partial charge in [0, 0.05) is 30.9 Å². The number of amides is 2. The van der Waals surface area contributed by atoms with Crippen molar-refractivity contribution in [2.75, 3.05) is 18.4 Å². The van der Waals surface area contributed by atoms with Gasteiger partial charge in [-0.2, -0.15) is 5.10 Å². The van der Waals surface area contributed by atoms with Crippen molar-refractivity contribution in [2.24, 2.45) is 11.8 Å². The zero-order chi connectivity index (χ0) is 17.6. The average molecular weight is 341 g/mol. The number of hydrogen-bond donors (Lipinski definition) is 1. The molecule has 7 nitrogen and oxygen atoms in total. The number of carbonyl (C=O) groups is 2. The number of pyridine rings is 1. The van der Waals surface area contributed by atoms with Gasteiger partial charge in [-0.1, -0.05) is 0 Å². The molecular formula is C18H23N5O2. The molecule has 3 heterocycles. The summed E-state index contributed by atoms with van der Waals surface area (Å²) in [6.07, 6.45) is 6.13. The Morgan fingerprint density at radius 2 is 2.16 bits per heavy atom. The van der Waals surface area contributed by atoms with Crippen LogP contribution in [-0.2, 0) is 9.59 Å². The summed E-state index contributed by atoms with van der Waals surface area (Å²) < 4.78 is 1.85. The fourth-order valence-corrected chi connectivity index (χ4v) is 3.37. The van der Waals surface area contributed by atoms with Crippen LogP contribution in [0.1, 0.15) is 39.2 Å². The Hall–Kier alpha value is -2.44. The molecule has 0 unspecified atom stereocenters. The topological polar surface area (TPSA) is 80.1 Å². The minimum absolute atomic E-state index is 0.0961. The Balaban J connectivity index is 1.43. The van der Waals surface area contributed by atoms with Crippen LogP contribution in [0.25, 0.3) is 11.0 Å². The molecule has 0 bridgehead atoms. The van der Waals surface area contributed by atoms with E-state index < -0.39 is 0 Å². The average Bonchev–Trinajstić information content (AvgIpc) is 3.16. The van der Waals surface area contributed by atoms with E-state index in [-0.39, 0.29) is 23.8 Å². The number of aromatic nitrogens is 3. The molecule has 0 aromatic carbocycles. The second-order valence-electron chi connectivity index (χ2n) is 7.45. The van der Waals surface area contributed by atoms with E-state index in [1.807, 2.05) is 29.5 Å². The van der Waals surface area contributed by atoms with Crippen molar-refractivity contribution in [3.63, 3.8) is 0 Å². The van der Waals surface area contributed by atoms with E-state index in [0.29, 0.717) is 24.6 Å². The maximum atomic E-state index is 12.5. The minimum atomic E-state index is -0.277. The van der Waals surface area contributed by atoms with Gasteiger partial charge >= 0.3 is 0 Å². The van der Waals surface area contributed by atoms with Crippen LogP contribution in [0.3, 0.4) is 0 Å². The van der Waals surface area contributed by atoms with E-state index in [1.54, 1.807) is 12.4 Å². The number of likely N-dealkylation sites (tertiary alicyclic amines) is 1. The minimum Gasteiger partial charge on any atom is -0.342 e. The summed E-state index contributed by atoms with van der Waals surface area (Å²) >= 11 is 0. The van der Waals surface area contributed by atoms with E-state index in [4.69, 9.17) is 0 Å². The first-order chi connectivity index (χ1) is 12.0. The number of nitrogens with one attached hydrogen (secondary N) is 1. The van der Waals surface area contributed by atoms with Crippen molar-refractivity contribution in [1.29, 1.82) is 0 Å². The standard InChI is InChI=1S/C18H23N5O2/c1-11(2)23-17-13(7-20-23)5-15(8-19-17)21-18(25)14-6-16(24)22(10-14)9-12-3-4-12/h5,7-8,11-12,14H,3-4,6,9-10H2,1-2H3,(H,21,25)/t14-/m1/s1. The molecule has 1 atom stereocenters. The SMILES string of the molecule is CC(C)n1ncc2cc(NC(=O)[C@@H]3CC(=O)N(CC4CC4)C3)cnc21. The fourth-order valence-electron chi connectivity index (χ4n) is 3.37. The van der Waals surface area contributed by atoms with E-state index >= 15 is 0 Å². The van der Waals surface area contributed by atoms with E-state index in [9.17, 15) is 9.59 Å². The summed E-state index contributed by atoms with van der Waals surface area (Å²) in [5.74, 6) is 0.359. The molecule has 1 saturated heterocycles. The van der Waals surface area contributed by atoms with Crippen molar-refractivity contribution in [1.82, 2.24) is 19.7 Å². The van der Waals surface area contributed by atoms with Crippen LogP contribution in [-0.4, -0.2) is 44.6 Å². The molecule has 2 fully saturated rings. The molecule has 2 aromatic rings. The molecule has 1 saturated carbocycles. The van der Waals surface area contributed by atoms with Crippen LogP contribution >= 0.6 is 0 Å². The third kappa shape index (κ3) is 3.23. The van der Waals surface area contributed by atoms with Gasteiger partial charge in [-0.25, -0.2) is 9.67 Å². The molecule has 132 valence electrons.